The first-order valence-electron chi connectivity index (χ1n) is 19.0. The summed E-state index contributed by atoms with van der Waals surface area (Å²) in [6.45, 7) is 15.7. The highest BCUT2D eigenvalue weighted by molar-refractivity contribution is 7.10. The van der Waals surface area contributed by atoms with E-state index in [9.17, 15) is 29.1 Å². The standard InChI is InChI=1S/C40H65N5O6S/c1-10-27(4)20-35(48)45(9)34(26(2)3)24-31(22-29(6)47)38-44-33(25-52-38)37(50)43-32(23-30-14-12-11-13-15-30)21-28(5)36(49)41-17-18-42-39(51)40(7,8)16-19-46/h11-12,14,25-28,31-32,34,46H,10,13,15-24H2,1-9H3,(H,41,49)(H,42,51)(H,43,50). The van der Waals surface area contributed by atoms with Crippen molar-refractivity contribution < 1.29 is 29.1 Å². The van der Waals surface area contributed by atoms with Gasteiger partial charge in [0, 0.05) is 74.3 Å². The number of ketones is 1. The molecule has 5 unspecified atom stereocenters. The molecule has 0 fully saturated rings. The molecule has 0 saturated heterocycles. The van der Waals surface area contributed by atoms with Crippen molar-refractivity contribution in [1.82, 2.24) is 25.8 Å². The highest BCUT2D eigenvalue weighted by Crippen LogP contribution is 2.32. The van der Waals surface area contributed by atoms with E-state index in [-0.39, 0.29) is 91.1 Å². The second-order valence-electron chi connectivity index (χ2n) is 15.7. The summed E-state index contributed by atoms with van der Waals surface area (Å²) in [7, 11) is 1.85. The Kier molecular flexibility index (Phi) is 18.9. The number of Topliss-reactive ketones (excluding diaryl/α,β-unsaturated/α-hetero) is 1. The zero-order valence-electron chi connectivity index (χ0n) is 33.0. The third kappa shape index (κ3) is 14.9. The maximum Gasteiger partial charge on any atom is 0.270 e. The van der Waals surface area contributed by atoms with Gasteiger partial charge in [0.05, 0.1) is 5.01 Å². The van der Waals surface area contributed by atoms with E-state index in [4.69, 9.17) is 4.98 Å². The summed E-state index contributed by atoms with van der Waals surface area (Å²) in [5.41, 5.74) is 0.768. The van der Waals surface area contributed by atoms with Crippen molar-refractivity contribution in [3.63, 3.8) is 0 Å². The van der Waals surface area contributed by atoms with Gasteiger partial charge in [0.1, 0.15) is 11.5 Å². The van der Waals surface area contributed by atoms with Crippen molar-refractivity contribution in [2.24, 2.45) is 23.2 Å². The van der Waals surface area contributed by atoms with E-state index in [1.165, 1.54) is 16.9 Å². The first kappa shape index (κ1) is 44.8. The van der Waals surface area contributed by atoms with E-state index in [1.807, 2.05) is 24.9 Å². The van der Waals surface area contributed by atoms with Crippen LogP contribution in [0.15, 0.2) is 29.2 Å². The van der Waals surface area contributed by atoms with Gasteiger partial charge in [-0.25, -0.2) is 4.98 Å². The highest BCUT2D eigenvalue weighted by Gasteiger charge is 2.31. The van der Waals surface area contributed by atoms with Crippen LogP contribution in [0.2, 0.25) is 0 Å². The van der Waals surface area contributed by atoms with Crippen molar-refractivity contribution in [3.8, 4) is 0 Å². The Hall–Kier alpha value is -3.38. The molecule has 0 saturated carbocycles. The molecular weight excluding hydrogens is 679 g/mol. The van der Waals surface area contributed by atoms with Crippen molar-refractivity contribution in [2.75, 3.05) is 26.7 Å². The molecule has 0 aliphatic heterocycles. The number of aliphatic hydroxyl groups excluding tert-OH is 1. The lowest BCUT2D eigenvalue weighted by molar-refractivity contribution is -0.134. The summed E-state index contributed by atoms with van der Waals surface area (Å²) in [6, 6.07) is -0.412. The van der Waals surface area contributed by atoms with Crippen molar-refractivity contribution in [1.29, 1.82) is 0 Å². The first-order chi connectivity index (χ1) is 24.5. The molecule has 1 aromatic heterocycles. The van der Waals surface area contributed by atoms with E-state index in [1.54, 1.807) is 26.2 Å². The maximum atomic E-state index is 13.7. The number of aliphatic hydroxyl groups is 1. The zero-order valence-corrected chi connectivity index (χ0v) is 33.9. The third-order valence-corrected chi connectivity index (χ3v) is 11.1. The van der Waals surface area contributed by atoms with Crippen LogP contribution < -0.4 is 16.0 Å². The molecule has 4 N–H and O–H groups in total. The number of allylic oxidation sites excluding steroid dienone is 3. The number of nitrogens with zero attached hydrogens (tertiary/aromatic N) is 2. The lowest BCUT2D eigenvalue weighted by Gasteiger charge is -2.34. The number of aromatic nitrogens is 1. The van der Waals surface area contributed by atoms with Crippen molar-refractivity contribution in [2.45, 2.75) is 131 Å². The summed E-state index contributed by atoms with van der Waals surface area (Å²) in [4.78, 5) is 71.3. The largest absolute Gasteiger partial charge is 0.396 e. The average Bonchev–Trinajstić information content (AvgIpc) is 3.58. The molecule has 4 amide bonds. The molecular formula is C40H65N5O6S. The second kappa shape index (κ2) is 22.0. The summed E-state index contributed by atoms with van der Waals surface area (Å²) < 4.78 is 0. The smallest absolute Gasteiger partial charge is 0.270 e. The topological polar surface area (TPSA) is 158 Å². The predicted molar refractivity (Wildman–Crippen MR) is 208 cm³/mol. The monoisotopic (exact) mass is 743 g/mol. The fraction of sp³-hybridized carbons (Fsp3) is 0.700. The number of amides is 4. The maximum absolute atomic E-state index is 13.7. The Morgan fingerprint density at radius 2 is 1.73 bits per heavy atom. The quantitative estimate of drug-likeness (QED) is 0.101. The second-order valence-corrected chi connectivity index (χ2v) is 16.5. The average molecular weight is 744 g/mol. The summed E-state index contributed by atoms with van der Waals surface area (Å²) in [6.07, 6.45) is 11.6. The fourth-order valence-electron chi connectivity index (χ4n) is 6.43. The molecule has 0 spiro atoms. The summed E-state index contributed by atoms with van der Waals surface area (Å²) in [5, 5.41) is 20.5. The SMILES string of the molecule is CCC(C)CC(=O)N(C)C(CC(CC(C)=O)c1nc(C(=O)NC(CC2=CC=CCC2)CC(C)C(=O)NCCNC(=O)C(C)(C)CCO)cs1)C(C)C. The van der Waals surface area contributed by atoms with Gasteiger partial charge in [-0.1, -0.05) is 78.7 Å². The van der Waals surface area contributed by atoms with Gasteiger partial charge >= 0.3 is 0 Å². The van der Waals surface area contributed by atoms with Gasteiger partial charge in [-0.05, 0) is 57.3 Å². The molecule has 0 bridgehead atoms. The van der Waals surface area contributed by atoms with Crippen LogP contribution in [-0.2, 0) is 19.2 Å². The van der Waals surface area contributed by atoms with Crippen LogP contribution in [-0.4, -0.2) is 83.2 Å². The number of rotatable bonds is 23. The molecule has 12 heteroatoms. The van der Waals surface area contributed by atoms with Gasteiger partial charge in [0.2, 0.25) is 17.7 Å². The van der Waals surface area contributed by atoms with E-state index in [0.717, 1.165) is 19.3 Å². The number of thiazole rings is 1. The van der Waals surface area contributed by atoms with Gasteiger partial charge in [-0.2, -0.15) is 0 Å². The predicted octanol–water partition coefficient (Wildman–Crippen LogP) is 5.95. The molecule has 1 aliphatic rings. The molecule has 1 aliphatic carbocycles. The van der Waals surface area contributed by atoms with Gasteiger partial charge < -0.3 is 30.8 Å². The lowest BCUT2D eigenvalue weighted by Crippen LogP contribution is -2.43. The number of hydrogen-bond acceptors (Lipinski definition) is 8. The molecule has 292 valence electrons. The van der Waals surface area contributed by atoms with E-state index in [2.05, 4.69) is 55.8 Å². The Morgan fingerprint density at radius 3 is 2.33 bits per heavy atom. The summed E-state index contributed by atoms with van der Waals surface area (Å²) >= 11 is 1.36. The van der Waals surface area contributed by atoms with Crippen molar-refractivity contribution >= 4 is 40.7 Å². The number of carbonyl (C=O) groups is 5. The van der Waals surface area contributed by atoms with E-state index < -0.39 is 11.3 Å². The van der Waals surface area contributed by atoms with Crippen LogP contribution in [0.25, 0.3) is 0 Å². The van der Waals surface area contributed by atoms with Crippen molar-refractivity contribution in [3.05, 3.63) is 39.9 Å². The van der Waals surface area contributed by atoms with Crippen LogP contribution >= 0.6 is 11.3 Å². The van der Waals surface area contributed by atoms with E-state index >= 15 is 0 Å². The van der Waals surface area contributed by atoms with Crippen LogP contribution in [0.5, 0.6) is 0 Å². The Morgan fingerprint density at radius 1 is 1.04 bits per heavy atom. The Bertz CT molecular complexity index is 1400. The molecule has 2 rings (SSSR count). The van der Waals surface area contributed by atoms with Crippen LogP contribution in [0.4, 0.5) is 0 Å². The van der Waals surface area contributed by atoms with Crippen LogP contribution in [0.1, 0.15) is 135 Å². The minimum absolute atomic E-state index is 0.0253. The third-order valence-electron chi connectivity index (χ3n) is 10.1. The van der Waals surface area contributed by atoms with Gasteiger partial charge in [0.25, 0.3) is 5.91 Å². The van der Waals surface area contributed by atoms with Gasteiger partial charge in [0.15, 0.2) is 0 Å². The van der Waals surface area contributed by atoms with Gasteiger partial charge in [-0.15, -0.1) is 11.3 Å². The number of nitrogens with one attached hydrogen (secondary N) is 3. The van der Waals surface area contributed by atoms with Crippen LogP contribution in [0.3, 0.4) is 0 Å². The highest BCUT2D eigenvalue weighted by atomic mass is 32.1. The molecule has 5 atom stereocenters. The molecule has 0 radical (unpaired) electrons. The molecule has 1 aromatic rings. The zero-order chi connectivity index (χ0) is 39.0. The molecule has 52 heavy (non-hydrogen) atoms. The van der Waals surface area contributed by atoms with Gasteiger partial charge in [-0.3, -0.25) is 19.2 Å². The normalized spacial score (nSPS) is 15.9. The number of carbonyl (C=O) groups excluding carboxylic acids is 5. The fourth-order valence-corrected chi connectivity index (χ4v) is 7.35. The molecule has 1 heterocycles. The summed E-state index contributed by atoms with van der Waals surface area (Å²) in [5.74, 6) is -0.760. The van der Waals surface area contributed by atoms with E-state index in [0.29, 0.717) is 37.1 Å². The first-order valence-corrected chi connectivity index (χ1v) is 19.9. The lowest BCUT2D eigenvalue weighted by atomic mass is 9.88. The minimum Gasteiger partial charge on any atom is -0.396 e. The Balaban J connectivity index is 2.16. The number of hydrogen-bond donors (Lipinski definition) is 4. The molecule has 11 nitrogen and oxygen atoms in total. The Labute approximate surface area is 315 Å². The van der Waals surface area contributed by atoms with Crippen LogP contribution in [0, 0.1) is 23.2 Å². The minimum atomic E-state index is -0.701. The molecule has 0 aromatic carbocycles.